The first-order valence-corrected chi connectivity index (χ1v) is 13.6. The second-order valence-corrected chi connectivity index (χ2v) is 11.6. The van der Waals surface area contributed by atoms with Gasteiger partial charge in [-0.15, -0.1) is 0 Å². The zero-order chi connectivity index (χ0) is 27.0. The van der Waals surface area contributed by atoms with Crippen LogP contribution in [0.25, 0.3) is 5.76 Å². The van der Waals surface area contributed by atoms with Gasteiger partial charge in [-0.3, -0.25) is 14.5 Å². The first-order valence-electron chi connectivity index (χ1n) is 13.6. The predicted octanol–water partition coefficient (Wildman–Crippen LogP) is 4.45. The molecule has 3 aliphatic heterocycles. The average Bonchev–Trinajstić information content (AvgIpc) is 3.39. The van der Waals surface area contributed by atoms with Gasteiger partial charge >= 0.3 is 0 Å². The minimum absolute atomic E-state index is 0.0257. The molecule has 7 nitrogen and oxygen atoms in total. The van der Waals surface area contributed by atoms with Gasteiger partial charge in [0.05, 0.1) is 24.8 Å². The third-order valence-electron chi connectivity index (χ3n) is 7.78. The number of Topliss-reactive ketones (excluding diaryl/α,β-unsaturated/α-hetero) is 1. The molecule has 0 spiro atoms. The van der Waals surface area contributed by atoms with Crippen LogP contribution in [0.1, 0.15) is 62.4 Å². The number of rotatable bonds is 6. The number of hydrogen-bond donors (Lipinski definition) is 1. The molecule has 2 aromatic carbocycles. The number of aliphatic hydroxyl groups is 1. The number of amides is 1. The largest absolute Gasteiger partial charge is 0.507 e. The summed E-state index contributed by atoms with van der Waals surface area (Å²) in [5.41, 5.74) is 3.64. The van der Waals surface area contributed by atoms with Crippen molar-refractivity contribution in [1.82, 2.24) is 9.80 Å². The fraction of sp³-hybridized carbons (Fsp3) is 0.484. The van der Waals surface area contributed by atoms with Crippen molar-refractivity contribution < 1.29 is 24.2 Å². The van der Waals surface area contributed by atoms with E-state index in [9.17, 15) is 14.7 Å². The lowest BCUT2D eigenvalue weighted by Gasteiger charge is -2.29. The number of nitrogens with zero attached hydrogens (tertiary/aromatic N) is 2. The van der Waals surface area contributed by atoms with E-state index >= 15 is 0 Å². The van der Waals surface area contributed by atoms with Gasteiger partial charge in [-0.1, -0.05) is 45.0 Å². The summed E-state index contributed by atoms with van der Waals surface area (Å²) in [7, 11) is 0. The van der Waals surface area contributed by atoms with Gasteiger partial charge < -0.3 is 19.5 Å². The van der Waals surface area contributed by atoms with Gasteiger partial charge in [0.15, 0.2) is 0 Å². The second-order valence-electron chi connectivity index (χ2n) is 11.6. The Hall–Kier alpha value is -3.16. The average molecular weight is 519 g/mol. The van der Waals surface area contributed by atoms with Crippen LogP contribution in [0.4, 0.5) is 0 Å². The number of aliphatic hydroxyl groups excluding tert-OH is 1. The highest BCUT2D eigenvalue weighted by atomic mass is 16.5. The summed E-state index contributed by atoms with van der Waals surface area (Å²) in [5, 5.41) is 11.5. The number of carbonyl (C=O) groups excluding carboxylic acids is 2. The molecular weight excluding hydrogens is 480 g/mol. The quantitative estimate of drug-likeness (QED) is 0.346. The Morgan fingerprint density at radius 1 is 1.03 bits per heavy atom. The Bertz CT molecular complexity index is 1240. The van der Waals surface area contributed by atoms with Crippen molar-refractivity contribution in [3.05, 3.63) is 70.3 Å². The third-order valence-corrected chi connectivity index (χ3v) is 7.78. The molecule has 1 N–H and O–H groups in total. The van der Waals surface area contributed by atoms with E-state index < -0.39 is 17.7 Å². The van der Waals surface area contributed by atoms with Crippen LogP contribution in [0.5, 0.6) is 5.75 Å². The normalized spacial score (nSPS) is 23.5. The maximum Gasteiger partial charge on any atom is 0.295 e. The molecule has 3 heterocycles. The van der Waals surface area contributed by atoms with Gasteiger partial charge in [0, 0.05) is 38.2 Å². The van der Waals surface area contributed by atoms with E-state index in [1.807, 2.05) is 31.2 Å². The Morgan fingerprint density at radius 2 is 1.74 bits per heavy atom. The monoisotopic (exact) mass is 518 g/mol. The van der Waals surface area contributed by atoms with E-state index in [2.05, 4.69) is 37.8 Å². The summed E-state index contributed by atoms with van der Waals surface area (Å²) in [4.78, 5) is 30.7. The number of benzene rings is 2. The smallest absolute Gasteiger partial charge is 0.295 e. The number of likely N-dealkylation sites (tertiary alicyclic amines) is 1. The predicted molar refractivity (Wildman–Crippen MR) is 146 cm³/mol. The zero-order valence-electron chi connectivity index (χ0n) is 22.8. The van der Waals surface area contributed by atoms with E-state index in [4.69, 9.17) is 9.47 Å². The van der Waals surface area contributed by atoms with E-state index in [-0.39, 0.29) is 22.9 Å². The molecule has 0 saturated carbocycles. The van der Waals surface area contributed by atoms with Crippen LogP contribution in [-0.2, 0) is 26.2 Å². The summed E-state index contributed by atoms with van der Waals surface area (Å²) < 4.78 is 11.2. The molecule has 38 heavy (non-hydrogen) atoms. The molecule has 3 aliphatic rings. The lowest BCUT2D eigenvalue weighted by Crippen LogP contribution is -2.39. The highest BCUT2D eigenvalue weighted by Crippen LogP contribution is 2.41. The van der Waals surface area contributed by atoms with E-state index in [0.717, 1.165) is 62.6 Å². The minimum atomic E-state index is -0.642. The Balaban J connectivity index is 1.50. The lowest BCUT2D eigenvalue weighted by atomic mass is 9.85. The van der Waals surface area contributed by atoms with Gasteiger partial charge in [-0.2, -0.15) is 0 Å². The molecule has 2 atom stereocenters. The fourth-order valence-corrected chi connectivity index (χ4v) is 5.64. The first-order chi connectivity index (χ1) is 18.1. The van der Waals surface area contributed by atoms with Gasteiger partial charge in [0.2, 0.25) is 0 Å². The van der Waals surface area contributed by atoms with Crippen molar-refractivity contribution in [2.45, 2.75) is 58.1 Å². The van der Waals surface area contributed by atoms with Gasteiger partial charge in [0.25, 0.3) is 11.7 Å². The summed E-state index contributed by atoms with van der Waals surface area (Å²) in [6, 6.07) is 12.9. The van der Waals surface area contributed by atoms with Crippen LogP contribution in [0.15, 0.2) is 48.0 Å². The maximum atomic E-state index is 13.4. The van der Waals surface area contributed by atoms with Gasteiger partial charge in [-0.25, -0.2) is 0 Å². The Labute approximate surface area is 225 Å². The number of hydrogen-bond acceptors (Lipinski definition) is 6. The molecule has 2 fully saturated rings. The zero-order valence-corrected chi connectivity index (χ0v) is 22.8. The molecule has 7 heteroatoms. The number of ether oxygens (including phenoxy) is 2. The molecule has 0 bridgehead atoms. The summed E-state index contributed by atoms with van der Waals surface area (Å²) >= 11 is 0. The number of fused-ring (bicyclic) bond motifs is 1. The molecule has 2 unspecified atom stereocenters. The summed E-state index contributed by atoms with van der Waals surface area (Å²) in [5.74, 6) is -0.529. The summed E-state index contributed by atoms with van der Waals surface area (Å²) in [6.45, 7) is 12.9. The van der Waals surface area contributed by atoms with Crippen molar-refractivity contribution in [2.75, 3.05) is 39.4 Å². The van der Waals surface area contributed by atoms with Crippen molar-refractivity contribution in [1.29, 1.82) is 0 Å². The molecule has 202 valence electrons. The van der Waals surface area contributed by atoms with Crippen LogP contribution >= 0.6 is 0 Å². The van der Waals surface area contributed by atoms with E-state index in [0.29, 0.717) is 12.1 Å². The van der Waals surface area contributed by atoms with Crippen molar-refractivity contribution in [2.24, 2.45) is 0 Å². The maximum absolute atomic E-state index is 13.4. The van der Waals surface area contributed by atoms with Gasteiger partial charge in [-0.05, 0) is 53.6 Å². The SMILES string of the molecule is CC1Cc2cc(/C(O)=C3\C(=O)C(=O)N(CCCN4CCOCC4)C3c3ccc(C(C)(C)C)cc3)ccc2O1. The Morgan fingerprint density at radius 3 is 2.42 bits per heavy atom. The number of carbonyl (C=O) groups is 2. The van der Waals surface area contributed by atoms with Crippen LogP contribution in [0, 0.1) is 0 Å². The Kier molecular flexibility index (Phi) is 7.34. The molecule has 5 rings (SSSR count). The van der Waals surface area contributed by atoms with E-state index in [1.165, 1.54) is 5.56 Å². The van der Waals surface area contributed by atoms with E-state index in [1.54, 1.807) is 11.0 Å². The lowest BCUT2D eigenvalue weighted by molar-refractivity contribution is -0.140. The molecule has 2 aromatic rings. The van der Waals surface area contributed by atoms with Crippen molar-refractivity contribution in [3.63, 3.8) is 0 Å². The van der Waals surface area contributed by atoms with Crippen molar-refractivity contribution >= 4 is 17.4 Å². The number of morpholine rings is 1. The van der Waals surface area contributed by atoms with Crippen LogP contribution in [0.2, 0.25) is 0 Å². The van der Waals surface area contributed by atoms with Crippen LogP contribution in [-0.4, -0.2) is 72.1 Å². The van der Waals surface area contributed by atoms with Crippen LogP contribution in [0.3, 0.4) is 0 Å². The van der Waals surface area contributed by atoms with Crippen molar-refractivity contribution in [3.8, 4) is 5.75 Å². The first kappa shape index (κ1) is 26.4. The minimum Gasteiger partial charge on any atom is -0.507 e. The molecule has 0 aromatic heterocycles. The number of ketones is 1. The summed E-state index contributed by atoms with van der Waals surface area (Å²) in [6.07, 6.45) is 1.54. The highest BCUT2D eigenvalue weighted by Gasteiger charge is 2.46. The van der Waals surface area contributed by atoms with Gasteiger partial charge in [0.1, 0.15) is 17.6 Å². The fourth-order valence-electron chi connectivity index (χ4n) is 5.64. The van der Waals surface area contributed by atoms with Crippen LogP contribution < -0.4 is 4.74 Å². The molecule has 1 amide bonds. The molecule has 0 radical (unpaired) electrons. The topological polar surface area (TPSA) is 79.3 Å². The molecule has 2 saturated heterocycles. The highest BCUT2D eigenvalue weighted by molar-refractivity contribution is 6.46. The molecule has 0 aliphatic carbocycles. The third kappa shape index (κ3) is 5.22. The second kappa shape index (κ2) is 10.5. The molecular formula is C31H38N2O5. The standard InChI is InChI=1S/C31H38N2O5/c1-20-18-23-19-22(8-11-25(23)38-20)28(34)26-27(21-6-9-24(10-7-21)31(2,3)4)33(30(36)29(26)35)13-5-12-32-14-16-37-17-15-32/h6-11,19-20,27,34H,5,12-18H2,1-4H3/b28-26+.